The second-order valence-corrected chi connectivity index (χ2v) is 7.78. The summed E-state index contributed by atoms with van der Waals surface area (Å²) in [5, 5.41) is 3.79. The van der Waals surface area contributed by atoms with E-state index in [1.54, 1.807) is 29.2 Å². The first-order valence-corrected chi connectivity index (χ1v) is 9.79. The van der Waals surface area contributed by atoms with Crippen LogP contribution in [0.4, 0.5) is 19.0 Å². The number of alkyl halides is 3. The van der Waals surface area contributed by atoms with Gasteiger partial charge in [-0.15, -0.1) is 0 Å². The standard InChI is InChI=1S/C20H20ClF3N4O/c21-15-4-1-13(2-5-15)19(29)27-10-9-16-6-8-18(28(16)12-27)26-17-7-3-14(11-25-17)20(22,23)24/h1-5,7,11,16,18H,6,8-10,12H2,(H,25,26)/t16-,18-/m0/s1. The van der Waals surface area contributed by atoms with Crippen molar-refractivity contribution in [2.24, 2.45) is 0 Å². The van der Waals surface area contributed by atoms with E-state index < -0.39 is 11.7 Å². The molecule has 9 heteroatoms. The molecule has 2 aromatic rings. The van der Waals surface area contributed by atoms with Gasteiger partial charge in [-0.25, -0.2) is 4.98 Å². The summed E-state index contributed by atoms with van der Waals surface area (Å²) in [6, 6.07) is 9.52. The highest BCUT2D eigenvalue weighted by atomic mass is 35.5. The molecule has 0 saturated carbocycles. The molecule has 0 unspecified atom stereocenters. The second-order valence-electron chi connectivity index (χ2n) is 7.34. The summed E-state index contributed by atoms with van der Waals surface area (Å²) in [4.78, 5) is 20.7. The minimum Gasteiger partial charge on any atom is -0.354 e. The Kier molecular flexibility index (Phi) is 5.40. The number of benzene rings is 1. The fraction of sp³-hybridized carbons (Fsp3) is 0.400. The number of aromatic nitrogens is 1. The Morgan fingerprint density at radius 2 is 1.86 bits per heavy atom. The van der Waals surface area contributed by atoms with Crippen LogP contribution in [0.15, 0.2) is 42.6 Å². The number of amides is 1. The normalized spacial score (nSPS) is 22.4. The van der Waals surface area contributed by atoms with Gasteiger partial charge in [0, 0.05) is 29.4 Å². The summed E-state index contributed by atoms with van der Waals surface area (Å²) in [6.07, 6.45) is -0.971. The lowest BCUT2D eigenvalue weighted by Gasteiger charge is -2.40. The Balaban J connectivity index is 1.43. The number of anilines is 1. The molecule has 0 aliphatic carbocycles. The van der Waals surface area contributed by atoms with Crippen molar-refractivity contribution >= 4 is 23.3 Å². The molecule has 29 heavy (non-hydrogen) atoms. The first-order valence-electron chi connectivity index (χ1n) is 9.41. The third-order valence-corrected chi connectivity index (χ3v) is 5.74. The van der Waals surface area contributed by atoms with Gasteiger partial charge in [-0.3, -0.25) is 9.69 Å². The number of carbonyl (C=O) groups excluding carboxylic acids is 1. The molecule has 1 aromatic heterocycles. The molecule has 2 aliphatic heterocycles. The van der Waals surface area contributed by atoms with Crippen molar-refractivity contribution in [2.75, 3.05) is 18.5 Å². The van der Waals surface area contributed by atoms with Crippen LogP contribution < -0.4 is 5.32 Å². The van der Waals surface area contributed by atoms with E-state index in [2.05, 4.69) is 15.2 Å². The number of nitrogens with one attached hydrogen (secondary N) is 1. The molecule has 1 aromatic carbocycles. The van der Waals surface area contributed by atoms with Crippen LogP contribution in [0.5, 0.6) is 0 Å². The third kappa shape index (κ3) is 4.33. The van der Waals surface area contributed by atoms with Crippen molar-refractivity contribution in [2.45, 2.75) is 37.6 Å². The van der Waals surface area contributed by atoms with Crippen LogP contribution in [0.3, 0.4) is 0 Å². The van der Waals surface area contributed by atoms with Gasteiger partial charge in [0.05, 0.1) is 18.4 Å². The van der Waals surface area contributed by atoms with E-state index in [0.29, 0.717) is 35.7 Å². The van der Waals surface area contributed by atoms with Crippen LogP contribution >= 0.6 is 11.6 Å². The molecule has 2 saturated heterocycles. The average Bonchev–Trinajstić information content (AvgIpc) is 3.10. The lowest BCUT2D eigenvalue weighted by molar-refractivity contribution is -0.137. The van der Waals surface area contributed by atoms with E-state index in [0.717, 1.165) is 31.5 Å². The minimum absolute atomic E-state index is 0.0570. The van der Waals surface area contributed by atoms with E-state index in [4.69, 9.17) is 11.6 Å². The van der Waals surface area contributed by atoms with Gasteiger partial charge >= 0.3 is 6.18 Å². The molecular formula is C20H20ClF3N4O. The smallest absolute Gasteiger partial charge is 0.354 e. The summed E-state index contributed by atoms with van der Waals surface area (Å²) in [7, 11) is 0. The van der Waals surface area contributed by atoms with Crippen molar-refractivity contribution in [3.63, 3.8) is 0 Å². The maximum Gasteiger partial charge on any atom is 0.417 e. The maximum atomic E-state index is 12.8. The Hall–Kier alpha value is -2.32. The Morgan fingerprint density at radius 1 is 1.10 bits per heavy atom. The zero-order valence-electron chi connectivity index (χ0n) is 15.5. The van der Waals surface area contributed by atoms with Crippen LogP contribution in [-0.2, 0) is 6.18 Å². The number of pyridine rings is 1. The Morgan fingerprint density at radius 3 is 2.52 bits per heavy atom. The van der Waals surface area contributed by atoms with E-state index in [-0.39, 0.29) is 12.1 Å². The zero-order chi connectivity index (χ0) is 20.6. The molecule has 0 bridgehead atoms. The van der Waals surface area contributed by atoms with Crippen molar-refractivity contribution in [1.29, 1.82) is 0 Å². The van der Waals surface area contributed by atoms with Gasteiger partial charge in [0.25, 0.3) is 5.91 Å². The van der Waals surface area contributed by atoms with Gasteiger partial charge in [0.15, 0.2) is 0 Å². The number of nitrogens with zero attached hydrogens (tertiary/aromatic N) is 3. The van der Waals surface area contributed by atoms with Crippen LogP contribution in [0.1, 0.15) is 35.2 Å². The molecular weight excluding hydrogens is 405 g/mol. The van der Waals surface area contributed by atoms with E-state index in [1.165, 1.54) is 6.07 Å². The number of halogens is 4. The predicted octanol–water partition coefficient (Wildman–Crippen LogP) is 4.46. The van der Waals surface area contributed by atoms with Crippen molar-refractivity contribution in [3.8, 4) is 0 Å². The Bertz CT molecular complexity index is 873. The number of rotatable bonds is 3. The largest absolute Gasteiger partial charge is 0.417 e. The average molecular weight is 425 g/mol. The number of carbonyl (C=O) groups is 1. The zero-order valence-corrected chi connectivity index (χ0v) is 16.2. The molecule has 0 radical (unpaired) electrons. The van der Waals surface area contributed by atoms with Crippen LogP contribution in [0, 0.1) is 0 Å². The third-order valence-electron chi connectivity index (χ3n) is 5.49. The summed E-state index contributed by atoms with van der Waals surface area (Å²) in [5.74, 6) is 0.336. The minimum atomic E-state index is -4.40. The Labute approximate surface area is 171 Å². The number of hydrogen-bond donors (Lipinski definition) is 1. The first-order chi connectivity index (χ1) is 13.8. The highest BCUT2D eigenvalue weighted by molar-refractivity contribution is 6.30. The molecule has 0 spiro atoms. The summed E-state index contributed by atoms with van der Waals surface area (Å²) < 4.78 is 38.1. The maximum absolute atomic E-state index is 12.8. The van der Waals surface area contributed by atoms with Crippen LogP contribution in [-0.4, -0.2) is 46.1 Å². The quantitative estimate of drug-likeness (QED) is 0.790. The molecule has 1 N–H and O–H groups in total. The molecule has 4 rings (SSSR count). The van der Waals surface area contributed by atoms with Crippen molar-refractivity contribution < 1.29 is 18.0 Å². The van der Waals surface area contributed by atoms with Gasteiger partial charge in [0.1, 0.15) is 5.82 Å². The lowest BCUT2D eigenvalue weighted by Crippen LogP contribution is -2.54. The first kappa shape index (κ1) is 20.0. The number of fused-ring (bicyclic) bond motifs is 1. The SMILES string of the molecule is O=C(c1ccc(Cl)cc1)N1CC[C@@H]2CC[C@@H](Nc3ccc(C(F)(F)F)cn3)N2C1. The van der Waals surface area contributed by atoms with Crippen LogP contribution in [0.25, 0.3) is 0 Å². The molecule has 2 aliphatic rings. The molecule has 154 valence electrons. The second kappa shape index (κ2) is 7.84. The monoisotopic (exact) mass is 424 g/mol. The predicted molar refractivity (Wildman–Crippen MR) is 103 cm³/mol. The van der Waals surface area contributed by atoms with E-state index in [9.17, 15) is 18.0 Å². The van der Waals surface area contributed by atoms with Gasteiger partial charge in [0.2, 0.25) is 0 Å². The molecule has 2 atom stereocenters. The highest BCUT2D eigenvalue weighted by Gasteiger charge is 2.39. The van der Waals surface area contributed by atoms with Crippen LogP contribution in [0.2, 0.25) is 5.02 Å². The van der Waals surface area contributed by atoms with Gasteiger partial charge < -0.3 is 10.2 Å². The lowest BCUT2D eigenvalue weighted by atomic mass is 10.1. The van der Waals surface area contributed by atoms with Crippen molar-refractivity contribution in [3.05, 3.63) is 58.7 Å². The summed E-state index contributed by atoms with van der Waals surface area (Å²) in [5.41, 5.74) is -0.189. The highest BCUT2D eigenvalue weighted by Crippen LogP contribution is 2.32. The molecule has 2 fully saturated rings. The number of hydrogen-bond acceptors (Lipinski definition) is 4. The molecule has 5 nitrogen and oxygen atoms in total. The van der Waals surface area contributed by atoms with Gasteiger partial charge in [-0.2, -0.15) is 13.2 Å². The summed E-state index contributed by atoms with van der Waals surface area (Å²) >= 11 is 5.90. The summed E-state index contributed by atoms with van der Waals surface area (Å²) in [6.45, 7) is 1.14. The fourth-order valence-electron chi connectivity index (χ4n) is 3.95. The fourth-order valence-corrected chi connectivity index (χ4v) is 4.07. The van der Waals surface area contributed by atoms with Gasteiger partial charge in [-0.1, -0.05) is 11.6 Å². The topological polar surface area (TPSA) is 48.5 Å². The molecule has 1 amide bonds. The van der Waals surface area contributed by atoms with E-state index >= 15 is 0 Å². The van der Waals surface area contributed by atoms with Gasteiger partial charge in [-0.05, 0) is 55.7 Å². The molecule has 3 heterocycles. The van der Waals surface area contributed by atoms with E-state index in [1.807, 2.05) is 0 Å². The van der Waals surface area contributed by atoms with Crippen molar-refractivity contribution in [1.82, 2.24) is 14.8 Å².